The lowest BCUT2D eigenvalue weighted by Gasteiger charge is -2.32. The van der Waals surface area contributed by atoms with Gasteiger partial charge in [0.1, 0.15) is 6.61 Å². The van der Waals surface area contributed by atoms with E-state index in [1.807, 2.05) is 60.7 Å². The standard InChI is InChI=1S/C34H45NO4/c1-2-3-4-5-6-9-14-29-19-21-30(22-20-29)23-24-34(27-36,28-38-25-31-15-10-7-11-16-31)35-33(37)39-26-32-17-12-8-13-18-32/h7-8,10-13,15-22,36H,2-6,9,14,23-28H2,1H3,(H,35,37). The van der Waals surface area contributed by atoms with Gasteiger partial charge in [0.05, 0.1) is 25.4 Å². The number of carbonyl (C=O) groups is 1. The third-order valence-electron chi connectivity index (χ3n) is 7.11. The van der Waals surface area contributed by atoms with Gasteiger partial charge in [0.25, 0.3) is 0 Å². The first-order valence-corrected chi connectivity index (χ1v) is 14.4. The Balaban J connectivity index is 1.56. The molecule has 1 unspecified atom stereocenters. The quantitative estimate of drug-likeness (QED) is 0.168. The SMILES string of the molecule is CCCCCCCCc1ccc(CCC(CO)(COCc2ccccc2)NC(=O)OCc2ccccc2)cc1. The number of carbonyl (C=O) groups excluding carboxylic acids is 1. The molecule has 3 aromatic rings. The number of aliphatic hydroxyl groups is 1. The second-order valence-corrected chi connectivity index (χ2v) is 10.4. The molecular formula is C34H45NO4. The molecule has 1 amide bonds. The van der Waals surface area contributed by atoms with Crippen LogP contribution in [0.1, 0.15) is 74.1 Å². The molecule has 0 aliphatic rings. The molecule has 0 saturated carbocycles. The molecule has 39 heavy (non-hydrogen) atoms. The maximum atomic E-state index is 12.8. The molecule has 0 fully saturated rings. The second-order valence-electron chi connectivity index (χ2n) is 10.4. The van der Waals surface area contributed by atoms with E-state index in [-0.39, 0.29) is 19.8 Å². The lowest BCUT2D eigenvalue weighted by molar-refractivity contribution is 0.0198. The van der Waals surface area contributed by atoms with Crippen molar-refractivity contribution < 1.29 is 19.4 Å². The monoisotopic (exact) mass is 531 g/mol. The Kier molecular flexibility index (Phi) is 13.6. The first kappa shape index (κ1) is 30.4. The van der Waals surface area contributed by atoms with E-state index < -0.39 is 11.6 Å². The Morgan fingerprint density at radius 3 is 1.90 bits per heavy atom. The van der Waals surface area contributed by atoms with Crippen LogP contribution in [0.25, 0.3) is 0 Å². The Morgan fingerprint density at radius 1 is 0.718 bits per heavy atom. The van der Waals surface area contributed by atoms with Crippen LogP contribution in [-0.4, -0.2) is 30.0 Å². The van der Waals surface area contributed by atoms with Gasteiger partial charge in [0, 0.05) is 0 Å². The first-order chi connectivity index (χ1) is 19.1. The van der Waals surface area contributed by atoms with E-state index >= 15 is 0 Å². The van der Waals surface area contributed by atoms with Crippen LogP contribution in [0.2, 0.25) is 0 Å². The highest BCUT2D eigenvalue weighted by atomic mass is 16.5. The van der Waals surface area contributed by atoms with Crippen molar-refractivity contribution in [1.82, 2.24) is 5.32 Å². The van der Waals surface area contributed by atoms with Gasteiger partial charge in [-0.05, 0) is 47.9 Å². The molecule has 0 radical (unpaired) electrons. The second kappa shape index (κ2) is 17.4. The van der Waals surface area contributed by atoms with Crippen LogP contribution in [0.15, 0.2) is 84.9 Å². The largest absolute Gasteiger partial charge is 0.445 e. The highest BCUT2D eigenvalue weighted by Crippen LogP contribution is 2.19. The molecule has 0 spiro atoms. The Bertz CT molecular complexity index is 1060. The molecule has 0 saturated heterocycles. The smallest absolute Gasteiger partial charge is 0.408 e. The van der Waals surface area contributed by atoms with Gasteiger partial charge >= 0.3 is 6.09 Å². The van der Waals surface area contributed by atoms with Crippen LogP contribution in [0, 0.1) is 0 Å². The number of hydrogen-bond acceptors (Lipinski definition) is 4. The molecule has 0 aromatic heterocycles. The van der Waals surface area contributed by atoms with Crippen LogP contribution in [0.4, 0.5) is 4.79 Å². The van der Waals surface area contributed by atoms with E-state index in [0.717, 1.165) is 17.5 Å². The van der Waals surface area contributed by atoms with E-state index in [9.17, 15) is 9.90 Å². The van der Waals surface area contributed by atoms with Gasteiger partial charge in [-0.1, -0.05) is 124 Å². The molecule has 210 valence electrons. The Hall–Kier alpha value is -3.15. The predicted octanol–water partition coefficient (Wildman–Crippen LogP) is 7.40. The number of ether oxygens (including phenoxy) is 2. The minimum atomic E-state index is -0.959. The van der Waals surface area contributed by atoms with Gasteiger partial charge in [0.15, 0.2) is 0 Å². The number of unbranched alkanes of at least 4 members (excludes halogenated alkanes) is 5. The summed E-state index contributed by atoms with van der Waals surface area (Å²) in [5, 5.41) is 13.4. The minimum Gasteiger partial charge on any atom is -0.445 e. The number of amides is 1. The van der Waals surface area contributed by atoms with Crippen molar-refractivity contribution in [1.29, 1.82) is 0 Å². The fourth-order valence-corrected chi connectivity index (χ4v) is 4.61. The zero-order valence-corrected chi connectivity index (χ0v) is 23.4. The number of rotatable bonds is 18. The average molecular weight is 532 g/mol. The summed E-state index contributed by atoms with van der Waals surface area (Å²) in [6.07, 6.45) is 9.55. The molecule has 3 aromatic carbocycles. The van der Waals surface area contributed by atoms with Gasteiger partial charge in [-0.3, -0.25) is 0 Å². The maximum absolute atomic E-state index is 12.8. The van der Waals surface area contributed by atoms with E-state index in [2.05, 4.69) is 36.5 Å². The number of benzene rings is 3. The molecule has 3 rings (SSSR count). The molecule has 0 aliphatic heterocycles. The van der Waals surface area contributed by atoms with Gasteiger partial charge in [-0.15, -0.1) is 0 Å². The molecule has 2 N–H and O–H groups in total. The fourth-order valence-electron chi connectivity index (χ4n) is 4.61. The summed E-state index contributed by atoms with van der Waals surface area (Å²) < 4.78 is 11.5. The van der Waals surface area contributed by atoms with E-state index in [1.54, 1.807) is 0 Å². The highest BCUT2D eigenvalue weighted by Gasteiger charge is 2.32. The Morgan fingerprint density at radius 2 is 1.28 bits per heavy atom. The van der Waals surface area contributed by atoms with Crippen molar-refractivity contribution in [2.45, 2.75) is 83.5 Å². The Labute approximate surface area is 234 Å². The number of hydrogen-bond donors (Lipinski definition) is 2. The van der Waals surface area contributed by atoms with Gasteiger partial charge in [-0.25, -0.2) is 4.79 Å². The van der Waals surface area contributed by atoms with Gasteiger partial charge < -0.3 is 19.9 Å². The zero-order chi connectivity index (χ0) is 27.6. The van der Waals surface area contributed by atoms with Crippen LogP contribution >= 0.6 is 0 Å². The molecule has 0 aliphatic carbocycles. The lowest BCUT2D eigenvalue weighted by atomic mass is 9.92. The summed E-state index contributed by atoms with van der Waals surface area (Å²) in [5.74, 6) is 0. The van der Waals surface area contributed by atoms with Crippen LogP contribution in [0.3, 0.4) is 0 Å². The summed E-state index contributed by atoms with van der Waals surface area (Å²) in [5.41, 5.74) is 3.51. The van der Waals surface area contributed by atoms with Gasteiger partial charge in [0.2, 0.25) is 0 Å². The van der Waals surface area contributed by atoms with Crippen molar-refractivity contribution in [3.05, 3.63) is 107 Å². The van der Waals surface area contributed by atoms with E-state index in [4.69, 9.17) is 9.47 Å². The van der Waals surface area contributed by atoms with Crippen molar-refractivity contribution in [3.8, 4) is 0 Å². The van der Waals surface area contributed by atoms with E-state index in [0.29, 0.717) is 19.4 Å². The topological polar surface area (TPSA) is 67.8 Å². The summed E-state index contributed by atoms with van der Waals surface area (Å²) in [6, 6.07) is 28.2. The highest BCUT2D eigenvalue weighted by molar-refractivity contribution is 5.68. The molecule has 1 atom stereocenters. The maximum Gasteiger partial charge on any atom is 0.408 e. The van der Waals surface area contributed by atoms with E-state index in [1.165, 1.54) is 49.7 Å². The number of nitrogens with one attached hydrogen (secondary N) is 1. The van der Waals surface area contributed by atoms with Crippen molar-refractivity contribution in [2.75, 3.05) is 13.2 Å². The van der Waals surface area contributed by atoms with Crippen LogP contribution in [-0.2, 0) is 35.5 Å². The molecule has 5 heteroatoms. The summed E-state index contributed by atoms with van der Waals surface area (Å²) in [6.45, 7) is 2.74. The summed E-state index contributed by atoms with van der Waals surface area (Å²) in [4.78, 5) is 12.8. The lowest BCUT2D eigenvalue weighted by Crippen LogP contribution is -2.55. The fraction of sp³-hybridized carbons (Fsp3) is 0.441. The predicted molar refractivity (Wildman–Crippen MR) is 158 cm³/mol. The van der Waals surface area contributed by atoms with Crippen molar-refractivity contribution in [3.63, 3.8) is 0 Å². The third-order valence-corrected chi connectivity index (χ3v) is 7.11. The molecule has 0 heterocycles. The van der Waals surface area contributed by atoms with Crippen LogP contribution in [0.5, 0.6) is 0 Å². The van der Waals surface area contributed by atoms with Gasteiger partial charge in [-0.2, -0.15) is 0 Å². The van der Waals surface area contributed by atoms with Crippen molar-refractivity contribution >= 4 is 6.09 Å². The summed E-state index contributed by atoms with van der Waals surface area (Å²) >= 11 is 0. The number of alkyl carbamates (subject to hydrolysis) is 1. The molecule has 5 nitrogen and oxygen atoms in total. The molecule has 0 bridgehead atoms. The first-order valence-electron chi connectivity index (χ1n) is 14.4. The third kappa shape index (κ3) is 11.6. The number of aryl methyl sites for hydroxylation is 2. The number of aliphatic hydroxyl groups excluding tert-OH is 1. The normalized spacial score (nSPS) is 12.6. The van der Waals surface area contributed by atoms with Crippen LogP contribution < -0.4 is 5.32 Å². The average Bonchev–Trinajstić information content (AvgIpc) is 2.98. The minimum absolute atomic E-state index is 0.166. The summed E-state index contributed by atoms with van der Waals surface area (Å²) in [7, 11) is 0. The zero-order valence-electron chi connectivity index (χ0n) is 23.4. The van der Waals surface area contributed by atoms with Crippen molar-refractivity contribution in [2.24, 2.45) is 0 Å². The molecular weight excluding hydrogens is 486 g/mol.